The molecule has 1 saturated heterocycles. The fourth-order valence-electron chi connectivity index (χ4n) is 4.04. The Morgan fingerprint density at radius 1 is 1.35 bits per heavy atom. The molecular formula is C14H23NO2. The van der Waals surface area contributed by atoms with Gasteiger partial charge in [0.1, 0.15) is 0 Å². The Bertz CT molecular complexity index is 339. The van der Waals surface area contributed by atoms with Crippen LogP contribution in [0.3, 0.4) is 0 Å². The highest BCUT2D eigenvalue weighted by Gasteiger charge is 2.52. The Kier molecular flexibility index (Phi) is 3.28. The summed E-state index contributed by atoms with van der Waals surface area (Å²) in [6, 6.07) is 0. The summed E-state index contributed by atoms with van der Waals surface area (Å²) >= 11 is 0. The number of hydrogen-bond acceptors (Lipinski definition) is 2. The van der Waals surface area contributed by atoms with Gasteiger partial charge in [0.15, 0.2) is 0 Å². The molecule has 2 rings (SSSR count). The van der Waals surface area contributed by atoms with Gasteiger partial charge in [-0.15, -0.1) is 0 Å². The van der Waals surface area contributed by atoms with Gasteiger partial charge in [-0.2, -0.15) is 0 Å². The maximum atomic E-state index is 12.0. The number of carbonyl (C=O) groups excluding carboxylic acids is 2. The number of carbonyl (C=O) groups is 2. The largest absolute Gasteiger partial charge is 0.296 e. The molecule has 1 spiro atoms. The predicted molar refractivity (Wildman–Crippen MR) is 66.2 cm³/mol. The first-order chi connectivity index (χ1) is 7.99. The van der Waals surface area contributed by atoms with Crippen molar-refractivity contribution in [2.24, 2.45) is 23.2 Å². The minimum atomic E-state index is -0.0684. The average molecular weight is 237 g/mol. The van der Waals surface area contributed by atoms with Crippen LogP contribution in [0, 0.1) is 23.2 Å². The maximum Gasteiger partial charge on any atom is 0.230 e. The van der Waals surface area contributed by atoms with Gasteiger partial charge < -0.3 is 0 Å². The zero-order chi connectivity index (χ0) is 12.6. The van der Waals surface area contributed by atoms with E-state index < -0.39 is 0 Å². The van der Waals surface area contributed by atoms with Crippen LogP contribution >= 0.6 is 0 Å². The minimum absolute atomic E-state index is 0.0303. The normalized spacial score (nSPS) is 42.6. The Morgan fingerprint density at radius 2 is 2.06 bits per heavy atom. The second-order valence-electron chi connectivity index (χ2n) is 6.06. The van der Waals surface area contributed by atoms with Gasteiger partial charge in [0, 0.05) is 12.3 Å². The van der Waals surface area contributed by atoms with Gasteiger partial charge in [-0.3, -0.25) is 14.9 Å². The van der Waals surface area contributed by atoms with Crippen LogP contribution in [0.1, 0.15) is 52.9 Å². The van der Waals surface area contributed by atoms with E-state index in [9.17, 15) is 9.59 Å². The van der Waals surface area contributed by atoms with Gasteiger partial charge in [0.25, 0.3) is 0 Å². The lowest BCUT2D eigenvalue weighted by Gasteiger charge is -2.50. The van der Waals surface area contributed by atoms with Crippen LogP contribution in [-0.4, -0.2) is 11.8 Å². The number of imide groups is 1. The first-order valence-electron chi connectivity index (χ1n) is 6.83. The fourth-order valence-corrected chi connectivity index (χ4v) is 4.04. The molecule has 0 aromatic heterocycles. The molecule has 4 unspecified atom stereocenters. The maximum absolute atomic E-state index is 12.0. The molecule has 4 atom stereocenters. The van der Waals surface area contributed by atoms with Crippen LogP contribution in [0.5, 0.6) is 0 Å². The number of nitrogens with one attached hydrogen (secondary N) is 1. The zero-order valence-electron chi connectivity index (χ0n) is 11.1. The molecule has 0 aromatic rings. The van der Waals surface area contributed by atoms with Crippen molar-refractivity contribution in [3.8, 4) is 0 Å². The van der Waals surface area contributed by atoms with Crippen molar-refractivity contribution >= 4 is 11.8 Å². The van der Waals surface area contributed by atoms with Crippen LogP contribution < -0.4 is 5.32 Å². The minimum Gasteiger partial charge on any atom is -0.296 e. The molecule has 2 aliphatic rings. The quantitative estimate of drug-likeness (QED) is 0.712. The highest BCUT2D eigenvalue weighted by molar-refractivity contribution is 5.99. The van der Waals surface area contributed by atoms with Crippen molar-refractivity contribution < 1.29 is 9.59 Å². The van der Waals surface area contributed by atoms with E-state index in [0.29, 0.717) is 12.3 Å². The Balaban J connectivity index is 2.31. The zero-order valence-corrected chi connectivity index (χ0v) is 11.1. The Morgan fingerprint density at radius 3 is 2.65 bits per heavy atom. The number of piperidine rings is 1. The summed E-state index contributed by atoms with van der Waals surface area (Å²) < 4.78 is 0. The second kappa shape index (κ2) is 4.43. The molecule has 3 heteroatoms. The Labute approximate surface area is 103 Å². The summed E-state index contributed by atoms with van der Waals surface area (Å²) in [5.41, 5.74) is -0.0549. The molecule has 17 heavy (non-hydrogen) atoms. The summed E-state index contributed by atoms with van der Waals surface area (Å²) in [6.45, 7) is 6.56. The predicted octanol–water partition coefficient (Wildman–Crippen LogP) is 2.50. The lowest BCUT2D eigenvalue weighted by atomic mass is 9.55. The van der Waals surface area contributed by atoms with Crippen LogP contribution in [0.15, 0.2) is 0 Å². The summed E-state index contributed by atoms with van der Waals surface area (Å²) in [4.78, 5) is 23.7. The molecule has 1 saturated carbocycles. The summed E-state index contributed by atoms with van der Waals surface area (Å²) in [5.74, 6) is 1.13. The number of rotatable bonds is 1. The van der Waals surface area contributed by atoms with E-state index in [0.717, 1.165) is 31.6 Å². The van der Waals surface area contributed by atoms with Crippen molar-refractivity contribution in [3.05, 3.63) is 0 Å². The molecule has 3 nitrogen and oxygen atoms in total. The van der Waals surface area contributed by atoms with Crippen LogP contribution in [-0.2, 0) is 9.59 Å². The van der Waals surface area contributed by atoms with Crippen molar-refractivity contribution in [1.29, 1.82) is 0 Å². The first kappa shape index (κ1) is 12.6. The highest BCUT2D eigenvalue weighted by Crippen LogP contribution is 2.53. The fraction of sp³-hybridized carbons (Fsp3) is 0.857. The van der Waals surface area contributed by atoms with Crippen molar-refractivity contribution in [3.63, 3.8) is 0 Å². The standard InChI is InChI=1S/C14H23NO2/c1-4-11-13(17)15-12(16)8-14(11)6-5-9(2)7-10(14)3/h9-11H,4-8H2,1-3H3,(H,15,16,17). The second-order valence-corrected chi connectivity index (χ2v) is 6.06. The van der Waals surface area contributed by atoms with Gasteiger partial charge in [0.2, 0.25) is 11.8 Å². The Hall–Kier alpha value is -0.860. The van der Waals surface area contributed by atoms with Gasteiger partial charge in [-0.25, -0.2) is 0 Å². The van der Waals surface area contributed by atoms with Crippen LogP contribution in [0.4, 0.5) is 0 Å². The van der Waals surface area contributed by atoms with E-state index in [1.807, 2.05) is 0 Å². The molecular weight excluding hydrogens is 214 g/mol. The number of hydrogen-bond donors (Lipinski definition) is 1. The molecule has 1 N–H and O–H groups in total. The third kappa shape index (κ3) is 2.00. The van der Waals surface area contributed by atoms with Crippen molar-refractivity contribution in [1.82, 2.24) is 5.32 Å². The number of amides is 2. The molecule has 1 heterocycles. The van der Waals surface area contributed by atoms with Crippen LogP contribution in [0.2, 0.25) is 0 Å². The van der Waals surface area contributed by atoms with Gasteiger partial charge in [-0.1, -0.05) is 27.2 Å². The molecule has 0 radical (unpaired) electrons. The topological polar surface area (TPSA) is 46.2 Å². The summed E-state index contributed by atoms with van der Waals surface area (Å²) in [6.07, 6.45) is 4.73. The lowest BCUT2D eigenvalue weighted by molar-refractivity contribution is -0.149. The first-order valence-corrected chi connectivity index (χ1v) is 6.83. The third-order valence-electron chi connectivity index (χ3n) is 5.01. The van der Waals surface area contributed by atoms with E-state index >= 15 is 0 Å². The van der Waals surface area contributed by atoms with E-state index in [-0.39, 0.29) is 23.1 Å². The molecule has 2 fully saturated rings. The average Bonchev–Trinajstić information content (AvgIpc) is 2.23. The van der Waals surface area contributed by atoms with Crippen LogP contribution in [0.25, 0.3) is 0 Å². The van der Waals surface area contributed by atoms with Gasteiger partial charge in [-0.05, 0) is 36.5 Å². The van der Waals surface area contributed by atoms with E-state index in [1.165, 1.54) is 0 Å². The van der Waals surface area contributed by atoms with E-state index in [4.69, 9.17) is 0 Å². The molecule has 0 bridgehead atoms. The molecule has 0 aromatic carbocycles. The summed E-state index contributed by atoms with van der Waals surface area (Å²) in [7, 11) is 0. The molecule has 2 amide bonds. The molecule has 1 aliphatic carbocycles. The SMILES string of the molecule is CCC1C(=O)NC(=O)CC12CCC(C)CC2C. The third-order valence-corrected chi connectivity index (χ3v) is 5.01. The van der Waals surface area contributed by atoms with E-state index in [2.05, 4.69) is 26.1 Å². The molecule has 96 valence electrons. The van der Waals surface area contributed by atoms with Gasteiger partial charge in [0.05, 0.1) is 0 Å². The lowest BCUT2D eigenvalue weighted by Crippen LogP contribution is -2.55. The highest BCUT2D eigenvalue weighted by atomic mass is 16.2. The monoisotopic (exact) mass is 237 g/mol. The smallest absolute Gasteiger partial charge is 0.230 e. The van der Waals surface area contributed by atoms with Gasteiger partial charge >= 0.3 is 0 Å². The van der Waals surface area contributed by atoms with E-state index in [1.54, 1.807) is 0 Å². The summed E-state index contributed by atoms with van der Waals surface area (Å²) in [5, 5.41) is 2.51. The van der Waals surface area contributed by atoms with Crippen molar-refractivity contribution in [2.45, 2.75) is 52.9 Å². The van der Waals surface area contributed by atoms with Crippen molar-refractivity contribution in [2.75, 3.05) is 0 Å². The molecule has 1 aliphatic heterocycles.